The molecule has 0 aliphatic carbocycles. The second-order valence-corrected chi connectivity index (χ2v) is 8.42. The van der Waals surface area contributed by atoms with Crippen molar-refractivity contribution in [2.24, 2.45) is 0 Å². The van der Waals surface area contributed by atoms with E-state index >= 15 is 0 Å². The lowest BCUT2D eigenvalue weighted by Gasteiger charge is -2.12. The summed E-state index contributed by atoms with van der Waals surface area (Å²) in [7, 11) is -3.05. The lowest BCUT2D eigenvalue weighted by Crippen LogP contribution is -2.36. The van der Waals surface area contributed by atoms with Crippen LogP contribution in [0.5, 0.6) is 11.5 Å². The van der Waals surface area contributed by atoms with E-state index in [0.29, 0.717) is 23.6 Å². The number of anilines is 2. The van der Waals surface area contributed by atoms with Gasteiger partial charge in [-0.2, -0.15) is 0 Å². The largest absolute Gasteiger partial charge is 0.454 e. The number of sulfone groups is 1. The number of ether oxygens (including phenoxy) is 2. The van der Waals surface area contributed by atoms with E-state index in [4.69, 9.17) is 9.47 Å². The van der Waals surface area contributed by atoms with Crippen molar-refractivity contribution in [3.05, 3.63) is 42.2 Å². The van der Waals surface area contributed by atoms with E-state index in [9.17, 15) is 13.2 Å². The number of aromatic nitrogens is 1. The molecule has 0 bridgehead atoms. The highest BCUT2D eigenvalue weighted by Crippen LogP contribution is 2.35. The molecule has 1 fully saturated rings. The van der Waals surface area contributed by atoms with E-state index in [1.165, 1.54) is 6.20 Å². The van der Waals surface area contributed by atoms with E-state index in [1.807, 2.05) is 12.1 Å². The van der Waals surface area contributed by atoms with Crippen LogP contribution in [0.1, 0.15) is 16.9 Å². The van der Waals surface area contributed by atoms with E-state index in [1.54, 1.807) is 18.2 Å². The van der Waals surface area contributed by atoms with E-state index in [0.717, 1.165) is 5.69 Å². The fourth-order valence-corrected chi connectivity index (χ4v) is 4.61. The Labute approximate surface area is 150 Å². The second-order valence-electron chi connectivity index (χ2n) is 6.20. The van der Waals surface area contributed by atoms with Crippen molar-refractivity contribution in [3.63, 3.8) is 0 Å². The number of benzene rings is 1. The monoisotopic (exact) mass is 375 g/mol. The number of hydrogen-bond donors (Lipinski definition) is 2. The molecular formula is C17H17N3O5S. The molecule has 1 unspecified atom stereocenters. The lowest BCUT2D eigenvalue weighted by atomic mass is 10.2. The molecule has 9 heteroatoms. The smallest absolute Gasteiger partial charge is 0.270 e. The normalized spacial score (nSPS) is 19.9. The Kier molecular flexibility index (Phi) is 4.15. The van der Waals surface area contributed by atoms with Crippen molar-refractivity contribution in [2.45, 2.75) is 12.5 Å². The van der Waals surface area contributed by atoms with Crippen LogP contribution >= 0.6 is 0 Å². The highest BCUT2D eigenvalue weighted by Gasteiger charge is 2.29. The van der Waals surface area contributed by atoms with Crippen molar-refractivity contribution >= 4 is 27.1 Å². The molecule has 1 aromatic carbocycles. The summed E-state index contributed by atoms with van der Waals surface area (Å²) in [4.78, 5) is 16.4. The van der Waals surface area contributed by atoms with Crippen LogP contribution in [0.15, 0.2) is 36.5 Å². The van der Waals surface area contributed by atoms with Gasteiger partial charge in [0.2, 0.25) is 6.79 Å². The van der Waals surface area contributed by atoms with Gasteiger partial charge in [-0.05, 0) is 30.7 Å². The van der Waals surface area contributed by atoms with Crippen molar-refractivity contribution in [1.29, 1.82) is 0 Å². The molecule has 0 radical (unpaired) electrons. The molecule has 8 nitrogen and oxygen atoms in total. The van der Waals surface area contributed by atoms with Crippen LogP contribution in [-0.4, -0.2) is 43.6 Å². The minimum Gasteiger partial charge on any atom is -0.454 e. The molecule has 3 heterocycles. The van der Waals surface area contributed by atoms with Crippen LogP contribution in [-0.2, 0) is 9.84 Å². The van der Waals surface area contributed by atoms with Gasteiger partial charge >= 0.3 is 0 Å². The first-order chi connectivity index (χ1) is 12.5. The number of fused-ring (bicyclic) bond motifs is 1. The zero-order valence-corrected chi connectivity index (χ0v) is 14.6. The molecule has 1 atom stereocenters. The highest BCUT2D eigenvalue weighted by molar-refractivity contribution is 7.91. The van der Waals surface area contributed by atoms with Gasteiger partial charge in [0.25, 0.3) is 5.91 Å². The first kappa shape index (κ1) is 16.6. The van der Waals surface area contributed by atoms with Crippen LogP contribution in [0.2, 0.25) is 0 Å². The van der Waals surface area contributed by atoms with Gasteiger partial charge in [-0.15, -0.1) is 0 Å². The average Bonchev–Trinajstić information content (AvgIpc) is 3.20. The van der Waals surface area contributed by atoms with Gasteiger partial charge < -0.3 is 20.1 Å². The number of hydrogen-bond acceptors (Lipinski definition) is 7. The lowest BCUT2D eigenvalue weighted by molar-refractivity contribution is 0.0936. The summed E-state index contributed by atoms with van der Waals surface area (Å²) in [5.74, 6) is 1.05. The summed E-state index contributed by atoms with van der Waals surface area (Å²) in [6.07, 6.45) is 1.96. The fraction of sp³-hybridized carbons (Fsp3) is 0.294. The molecule has 1 amide bonds. The Morgan fingerprint density at radius 2 is 1.92 bits per heavy atom. The summed E-state index contributed by atoms with van der Waals surface area (Å²) >= 11 is 0. The zero-order valence-electron chi connectivity index (χ0n) is 13.8. The maximum absolute atomic E-state index is 12.3. The summed E-state index contributed by atoms with van der Waals surface area (Å²) in [6.45, 7) is 0.204. The van der Waals surface area contributed by atoms with Crippen LogP contribution < -0.4 is 20.1 Å². The second kappa shape index (κ2) is 6.49. The van der Waals surface area contributed by atoms with Gasteiger partial charge in [0.1, 0.15) is 5.69 Å². The van der Waals surface area contributed by atoms with E-state index < -0.39 is 9.84 Å². The molecule has 1 aromatic heterocycles. The van der Waals surface area contributed by atoms with Crippen LogP contribution in [0.25, 0.3) is 0 Å². The van der Waals surface area contributed by atoms with Gasteiger partial charge in [-0.3, -0.25) is 9.78 Å². The summed E-state index contributed by atoms with van der Waals surface area (Å²) < 4.78 is 33.6. The summed E-state index contributed by atoms with van der Waals surface area (Å²) in [5.41, 5.74) is 1.69. The Balaban J connectivity index is 1.45. The number of carbonyl (C=O) groups excluding carboxylic acids is 1. The van der Waals surface area contributed by atoms with Crippen LogP contribution in [0, 0.1) is 0 Å². The number of nitrogens with zero attached hydrogens (tertiary/aromatic N) is 1. The molecule has 2 N–H and O–H groups in total. The van der Waals surface area contributed by atoms with Crippen molar-refractivity contribution in [3.8, 4) is 11.5 Å². The number of pyridine rings is 1. The summed E-state index contributed by atoms with van der Waals surface area (Å²) in [6, 6.07) is 8.45. The number of rotatable bonds is 4. The Hall–Kier alpha value is -2.81. The molecular weight excluding hydrogens is 358 g/mol. The molecule has 26 heavy (non-hydrogen) atoms. The number of carbonyl (C=O) groups is 1. The quantitative estimate of drug-likeness (QED) is 0.833. The van der Waals surface area contributed by atoms with Crippen LogP contribution in [0.3, 0.4) is 0 Å². The summed E-state index contributed by atoms with van der Waals surface area (Å²) in [5, 5.41) is 5.92. The minimum absolute atomic E-state index is 0.0200. The molecule has 4 rings (SSSR count). The topological polar surface area (TPSA) is 107 Å². The highest BCUT2D eigenvalue weighted by atomic mass is 32.2. The third kappa shape index (κ3) is 3.57. The average molecular weight is 375 g/mol. The third-order valence-corrected chi connectivity index (χ3v) is 5.99. The van der Waals surface area contributed by atoms with Gasteiger partial charge in [0.05, 0.1) is 11.5 Å². The molecule has 2 aliphatic heterocycles. The van der Waals surface area contributed by atoms with Crippen LogP contribution in [0.4, 0.5) is 11.4 Å². The molecule has 136 valence electrons. The predicted octanol–water partition coefficient (Wildman–Crippen LogP) is 1.47. The SMILES string of the molecule is O=C(NC1CCS(=O)(=O)C1)c1cc(Nc2ccc3c(c2)OCO3)ccn1. The first-order valence-corrected chi connectivity index (χ1v) is 9.95. The number of amides is 1. The maximum atomic E-state index is 12.3. The van der Waals surface area contributed by atoms with Gasteiger partial charge in [0.15, 0.2) is 21.3 Å². The zero-order chi connectivity index (χ0) is 18.1. The standard InChI is InChI=1S/C17H17N3O5S/c21-17(20-13-4-6-26(22,23)9-13)14-7-12(3-5-18-14)19-11-1-2-15-16(8-11)25-10-24-15/h1-3,5,7-8,13H,4,6,9-10H2,(H,18,19)(H,20,21). The van der Waals surface area contributed by atoms with E-state index in [-0.39, 0.29) is 35.9 Å². The third-order valence-electron chi connectivity index (χ3n) is 4.22. The molecule has 2 aromatic rings. The van der Waals surface area contributed by atoms with Crippen molar-refractivity contribution < 1.29 is 22.7 Å². The Morgan fingerprint density at radius 1 is 1.12 bits per heavy atom. The van der Waals surface area contributed by atoms with Crippen molar-refractivity contribution in [1.82, 2.24) is 10.3 Å². The van der Waals surface area contributed by atoms with Gasteiger partial charge in [-0.1, -0.05) is 0 Å². The molecule has 0 saturated carbocycles. The van der Waals surface area contributed by atoms with Gasteiger partial charge in [-0.25, -0.2) is 8.42 Å². The molecule has 0 spiro atoms. The Bertz CT molecular complexity index is 961. The van der Waals surface area contributed by atoms with Gasteiger partial charge in [0, 0.05) is 29.7 Å². The fourth-order valence-electron chi connectivity index (χ4n) is 2.94. The predicted molar refractivity (Wildman–Crippen MR) is 94.6 cm³/mol. The van der Waals surface area contributed by atoms with E-state index in [2.05, 4.69) is 15.6 Å². The first-order valence-electron chi connectivity index (χ1n) is 8.12. The minimum atomic E-state index is -3.05. The molecule has 1 saturated heterocycles. The molecule has 2 aliphatic rings. The Morgan fingerprint density at radius 3 is 2.73 bits per heavy atom. The van der Waals surface area contributed by atoms with Crippen molar-refractivity contribution in [2.75, 3.05) is 23.6 Å². The number of nitrogens with one attached hydrogen (secondary N) is 2. The maximum Gasteiger partial charge on any atom is 0.270 e.